The molecule has 0 atom stereocenters. The van der Waals surface area contributed by atoms with E-state index in [2.05, 4.69) is 11.4 Å². The third-order valence-corrected chi connectivity index (χ3v) is 2.43. The molecule has 0 fully saturated rings. The molecule has 0 aliphatic carbocycles. The highest BCUT2D eigenvalue weighted by atomic mass is 16.5. The van der Waals surface area contributed by atoms with Crippen molar-refractivity contribution >= 4 is 0 Å². The largest absolute Gasteiger partial charge is 0.382 e. The second-order valence-corrected chi connectivity index (χ2v) is 3.78. The Morgan fingerprint density at radius 3 is 3.13 bits per heavy atom. The number of unbranched alkanes of at least 4 members (excludes halogenated alkanes) is 1. The van der Waals surface area contributed by atoms with Crippen molar-refractivity contribution in [2.45, 2.75) is 26.2 Å². The average Bonchev–Trinajstić information content (AvgIpc) is 2.29. The van der Waals surface area contributed by atoms with Crippen LogP contribution in [0.4, 0.5) is 0 Å². The zero-order chi connectivity index (χ0) is 10.8. The number of hydrogen-bond acceptors (Lipinski definition) is 3. The molecule has 1 aliphatic heterocycles. The van der Waals surface area contributed by atoms with Gasteiger partial charge >= 0.3 is 0 Å². The van der Waals surface area contributed by atoms with Crippen LogP contribution >= 0.6 is 0 Å². The van der Waals surface area contributed by atoms with Crippen LogP contribution in [0.15, 0.2) is 11.6 Å². The zero-order valence-corrected chi connectivity index (χ0v) is 9.76. The first-order valence-electron chi connectivity index (χ1n) is 5.97. The van der Waals surface area contributed by atoms with E-state index in [1.54, 1.807) is 0 Å². The fourth-order valence-electron chi connectivity index (χ4n) is 1.58. The Labute approximate surface area is 92.8 Å². The van der Waals surface area contributed by atoms with Gasteiger partial charge in [-0.05, 0) is 38.3 Å². The molecular formula is C12H23NO2. The van der Waals surface area contributed by atoms with Gasteiger partial charge in [-0.2, -0.15) is 0 Å². The van der Waals surface area contributed by atoms with Crippen LogP contribution in [0, 0.1) is 0 Å². The summed E-state index contributed by atoms with van der Waals surface area (Å²) in [6, 6.07) is 0. The first kappa shape index (κ1) is 12.7. The van der Waals surface area contributed by atoms with Crippen molar-refractivity contribution in [1.82, 2.24) is 5.32 Å². The summed E-state index contributed by atoms with van der Waals surface area (Å²) in [5, 5.41) is 3.43. The Morgan fingerprint density at radius 1 is 1.47 bits per heavy atom. The summed E-state index contributed by atoms with van der Waals surface area (Å²) < 4.78 is 10.6. The molecule has 0 aromatic heterocycles. The Kier molecular flexibility index (Phi) is 7.52. The molecular weight excluding hydrogens is 190 g/mol. The van der Waals surface area contributed by atoms with Gasteiger partial charge in [0.25, 0.3) is 0 Å². The molecule has 1 heterocycles. The lowest BCUT2D eigenvalue weighted by atomic mass is 10.2. The lowest BCUT2D eigenvalue weighted by Gasteiger charge is -2.14. The number of rotatable bonds is 8. The van der Waals surface area contributed by atoms with Crippen molar-refractivity contribution < 1.29 is 9.47 Å². The average molecular weight is 213 g/mol. The van der Waals surface area contributed by atoms with Crippen molar-refractivity contribution in [2.24, 2.45) is 0 Å². The molecule has 0 aromatic carbocycles. The van der Waals surface area contributed by atoms with Gasteiger partial charge < -0.3 is 14.8 Å². The number of hydrogen-bond donors (Lipinski definition) is 1. The molecule has 0 aromatic rings. The Hall–Kier alpha value is -0.380. The summed E-state index contributed by atoms with van der Waals surface area (Å²) in [6.07, 6.45) is 5.70. The predicted molar refractivity (Wildman–Crippen MR) is 62.1 cm³/mol. The van der Waals surface area contributed by atoms with Gasteiger partial charge in [-0.3, -0.25) is 0 Å². The van der Waals surface area contributed by atoms with Crippen molar-refractivity contribution in [2.75, 3.05) is 39.5 Å². The van der Waals surface area contributed by atoms with Crippen LogP contribution in [-0.2, 0) is 9.47 Å². The molecule has 1 aliphatic rings. The molecule has 0 amide bonds. The third-order valence-electron chi connectivity index (χ3n) is 2.43. The molecule has 0 saturated carbocycles. The van der Waals surface area contributed by atoms with Crippen molar-refractivity contribution in [3.05, 3.63) is 11.6 Å². The number of nitrogens with one attached hydrogen (secondary N) is 1. The second-order valence-electron chi connectivity index (χ2n) is 3.78. The summed E-state index contributed by atoms with van der Waals surface area (Å²) in [6.45, 7) is 7.51. The van der Waals surface area contributed by atoms with Gasteiger partial charge in [-0.1, -0.05) is 6.08 Å². The fraction of sp³-hybridized carbons (Fsp3) is 0.833. The van der Waals surface area contributed by atoms with Gasteiger partial charge in [-0.25, -0.2) is 0 Å². The predicted octanol–water partition coefficient (Wildman–Crippen LogP) is 1.74. The summed E-state index contributed by atoms with van der Waals surface area (Å²) in [5.74, 6) is 0. The highest BCUT2D eigenvalue weighted by molar-refractivity contribution is 5.06. The first-order valence-corrected chi connectivity index (χ1v) is 5.97. The summed E-state index contributed by atoms with van der Waals surface area (Å²) in [4.78, 5) is 0. The van der Waals surface area contributed by atoms with E-state index in [9.17, 15) is 0 Å². The summed E-state index contributed by atoms with van der Waals surface area (Å²) in [7, 11) is 0. The van der Waals surface area contributed by atoms with Crippen molar-refractivity contribution in [1.29, 1.82) is 0 Å². The van der Waals surface area contributed by atoms with Gasteiger partial charge in [0.1, 0.15) is 0 Å². The van der Waals surface area contributed by atoms with E-state index >= 15 is 0 Å². The van der Waals surface area contributed by atoms with Crippen LogP contribution < -0.4 is 5.32 Å². The van der Waals surface area contributed by atoms with Crippen LogP contribution in [-0.4, -0.2) is 39.5 Å². The minimum Gasteiger partial charge on any atom is -0.382 e. The summed E-state index contributed by atoms with van der Waals surface area (Å²) in [5.41, 5.74) is 1.39. The normalized spacial score (nSPS) is 16.5. The third kappa shape index (κ3) is 6.66. The quantitative estimate of drug-likeness (QED) is 0.492. The Morgan fingerprint density at radius 2 is 2.40 bits per heavy atom. The number of ether oxygens (including phenoxy) is 2. The monoisotopic (exact) mass is 213 g/mol. The minimum atomic E-state index is 0.811. The molecule has 15 heavy (non-hydrogen) atoms. The van der Waals surface area contributed by atoms with E-state index < -0.39 is 0 Å². The smallest absolute Gasteiger partial charge is 0.0689 e. The van der Waals surface area contributed by atoms with Gasteiger partial charge in [0.15, 0.2) is 0 Å². The maximum atomic E-state index is 5.36. The van der Waals surface area contributed by atoms with Crippen LogP contribution in [0.1, 0.15) is 26.2 Å². The lowest BCUT2D eigenvalue weighted by molar-refractivity contribution is 0.143. The van der Waals surface area contributed by atoms with E-state index in [-0.39, 0.29) is 0 Å². The van der Waals surface area contributed by atoms with Crippen LogP contribution in [0.25, 0.3) is 0 Å². The van der Waals surface area contributed by atoms with Gasteiger partial charge in [0.2, 0.25) is 0 Å². The van der Waals surface area contributed by atoms with E-state index in [0.717, 1.165) is 52.4 Å². The van der Waals surface area contributed by atoms with Crippen LogP contribution in [0.3, 0.4) is 0 Å². The van der Waals surface area contributed by atoms with E-state index in [1.807, 2.05) is 6.92 Å². The van der Waals surface area contributed by atoms with Crippen LogP contribution in [0.2, 0.25) is 0 Å². The van der Waals surface area contributed by atoms with Gasteiger partial charge in [0.05, 0.1) is 13.2 Å². The highest BCUT2D eigenvalue weighted by Crippen LogP contribution is 2.03. The molecule has 0 spiro atoms. The van der Waals surface area contributed by atoms with Gasteiger partial charge in [-0.15, -0.1) is 0 Å². The lowest BCUT2D eigenvalue weighted by Crippen LogP contribution is -2.22. The molecule has 3 heteroatoms. The van der Waals surface area contributed by atoms with E-state index in [0.29, 0.717) is 0 Å². The van der Waals surface area contributed by atoms with Gasteiger partial charge in [0, 0.05) is 19.8 Å². The zero-order valence-electron chi connectivity index (χ0n) is 9.76. The molecule has 0 saturated heterocycles. The molecule has 3 nitrogen and oxygen atoms in total. The topological polar surface area (TPSA) is 30.5 Å². The fourth-order valence-corrected chi connectivity index (χ4v) is 1.58. The highest BCUT2D eigenvalue weighted by Gasteiger charge is 2.02. The maximum absolute atomic E-state index is 5.36. The van der Waals surface area contributed by atoms with E-state index in [4.69, 9.17) is 9.47 Å². The molecule has 1 rings (SSSR count). The Bertz CT molecular complexity index is 180. The van der Waals surface area contributed by atoms with Crippen molar-refractivity contribution in [3.63, 3.8) is 0 Å². The molecule has 0 unspecified atom stereocenters. The first-order chi connectivity index (χ1) is 7.43. The van der Waals surface area contributed by atoms with Crippen molar-refractivity contribution in [3.8, 4) is 0 Å². The molecule has 1 N–H and O–H groups in total. The Balaban J connectivity index is 1.86. The molecule has 0 radical (unpaired) electrons. The standard InChI is InChI=1S/C12H23NO2/c1-2-14-8-4-3-7-13-10-12-6-5-9-15-11-12/h6,13H,2-5,7-11H2,1H3. The maximum Gasteiger partial charge on any atom is 0.0689 e. The second kappa shape index (κ2) is 8.89. The molecule has 88 valence electrons. The molecule has 0 bridgehead atoms. The SMILES string of the molecule is CCOCCCCNCC1=CCCOC1. The minimum absolute atomic E-state index is 0.811. The van der Waals surface area contributed by atoms with Crippen LogP contribution in [0.5, 0.6) is 0 Å². The van der Waals surface area contributed by atoms with E-state index in [1.165, 1.54) is 12.0 Å². The summed E-state index contributed by atoms with van der Waals surface area (Å²) >= 11 is 0.